The van der Waals surface area contributed by atoms with Crippen molar-refractivity contribution in [1.82, 2.24) is 25.5 Å². The van der Waals surface area contributed by atoms with Crippen LogP contribution >= 0.6 is 0 Å². The highest BCUT2D eigenvalue weighted by Crippen LogP contribution is 2.27. The van der Waals surface area contributed by atoms with Crippen LogP contribution in [0.3, 0.4) is 0 Å². The predicted octanol–water partition coefficient (Wildman–Crippen LogP) is 3.54. The van der Waals surface area contributed by atoms with E-state index in [1.807, 2.05) is 31.3 Å². The number of aryl methyl sites for hydroxylation is 1. The molecule has 0 saturated heterocycles. The molecule has 9 nitrogen and oxygen atoms in total. The van der Waals surface area contributed by atoms with Crippen molar-refractivity contribution in [2.75, 3.05) is 19.4 Å². The Hall–Kier alpha value is -3.47. The van der Waals surface area contributed by atoms with Gasteiger partial charge < -0.3 is 14.8 Å². The standard InChI is InChI=1S/C24H25N5O4S.2H2/c1-16-22(24-29-28-23(33-24)19-6-4-17(5-7-19)14-25-2)27-21(15-26-16)18-8-10-20(11-9-18)34(31,32)13-3-12-30;;/h4-11,15,25,30H,3,12-14H2,1-2H3;2*1H. The largest absolute Gasteiger partial charge is 0.415 e. The highest BCUT2D eigenvalue weighted by atomic mass is 32.2. The topological polar surface area (TPSA) is 131 Å². The van der Waals surface area contributed by atoms with Gasteiger partial charge >= 0.3 is 0 Å². The van der Waals surface area contributed by atoms with E-state index in [2.05, 4.69) is 25.5 Å². The summed E-state index contributed by atoms with van der Waals surface area (Å²) < 4.78 is 30.5. The molecule has 0 aliphatic rings. The summed E-state index contributed by atoms with van der Waals surface area (Å²) >= 11 is 0. The van der Waals surface area contributed by atoms with Crippen LogP contribution in [0.5, 0.6) is 0 Å². The summed E-state index contributed by atoms with van der Waals surface area (Å²) in [6.45, 7) is 2.41. The Kier molecular flexibility index (Phi) is 7.11. The van der Waals surface area contributed by atoms with E-state index in [0.717, 1.165) is 17.7 Å². The summed E-state index contributed by atoms with van der Waals surface area (Å²) in [5.74, 6) is 0.536. The van der Waals surface area contributed by atoms with E-state index in [9.17, 15) is 8.42 Å². The molecule has 4 aromatic rings. The molecule has 0 bridgehead atoms. The van der Waals surface area contributed by atoms with E-state index in [1.54, 1.807) is 25.3 Å². The number of aliphatic hydroxyl groups is 1. The van der Waals surface area contributed by atoms with Gasteiger partial charge in [0.25, 0.3) is 5.89 Å². The van der Waals surface area contributed by atoms with Gasteiger partial charge in [-0.1, -0.05) is 24.3 Å². The van der Waals surface area contributed by atoms with Gasteiger partial charge in [-0.2, -0.15) is 0 Å². The predicted molar refractivity (Wildman–Crippen MR) is 132 cm³/mol. The van der Waals surface area contributed by atoms with Crippen LogP contribution in [0.15, 0.2) is 64.0 Å². The molecule has 0 radical (unpaired) electrons. The highest BCUT2D eigenvalue weighted by molar-refractivity contribution is 7.91. The van der Waals surface area contributed by atoms with E-state index >= 15 is 0 Å². The van der Waals surface area contributed by atoms with Gasteiger partial charge in [-0.15, -0.1) is 10.2 Å². The quantitative estimate of drug-likeness (QED) is 0.367. The summed E-state index contributed by atoms with van der Waals surface area (Å²) in [4.78, 5) is 9.27. The first-order valence-corrected chi connectivity index (χ1v) is 12.4. The van der Waals surface area contributed by atoms with Gasteiger partial charge in [0.15, 0.2) is 9.84 Å². The molecule has 34 heavy (non-hydrogen) atoms. The van der Waals surface area contributed by atoms with E-state index in [-0.39, 0.29) is 32.4 Å². The molecule has 0 atom stereocenters. The monoisotopic (exact) mass is 483 g/mol. The molecule has 0 spiro atoms. The number of hydrogen-bond donors (Lipinski definition) is 2. The average molecular weight is 484 g/mol. The number of nitrogens with zero attached hydrogens (tertiary/aromatic N) is 4. The fraction of sp³-hybridized carbons (Fsp3) is 0.250. The maximum atomic E-state index is 12.3. The number of sulfone groups is 1. The number of aromatic nitrogens is 4. The molecular formula is C24H29N5O4S. The minimum atomic E-state index is -3.44. The summed E-state index contributed by atoms with van der Waals surface area (Å²) in [6.07, 6.45) is 1.81. The number of aliphatic hydroxyl groups excluding tert-OH is 1. The smallest absolute Gasteiger partial charge is 0.268 e. The second kappa shape index (κ2) is 10.2. The Morgan fingerprint density at radius 2 is 1.68 bits per heavy atom. The zero-order valence-corrected chi connectivity index (χ0v) is 19.7. The maximum Gasteiger partial charge on any atom is 0.268 e. The van der Waals surface area contributed by atoms with Crippen molar-refractivity contribution in [3.63, 3.8) is 0 Å². The third-order valence-electron chi connectivity index (χ3n) is 5.25. The van der Waals surface area contributed by atoms with Crippen LogP contribution in [-0.2, 0) is 16.4 Å². The Bertz CT molecular complexity index is 1380. The molecule has 2 aromatic heterocycles. The first-order chi connectivity index (χ1) is 16.4. The normalized spacial score (nSPS) is 11.6. The minimum absolute atomic E-state index is 0. The van der Waals surface area contributed by atoms with Crippen LogP contribution < -0.4 is 5.32 Å². The van der Waals surface area contributed by atoms with Crippen molar-refractivity contribution in [2.45, 2.75) is 24.8 Å². The van der Waals surface area contributed by atoms with Crippen molar-refractivity contribution < 1.29 is 20.8 Å². The minimum Gasteiger partial charge on any atom is -0.415 e. The van der Waals surface area contributed by atoms with Crippen molar-refractivity contribution in [2.24, 2.45) is 0 Å². The first kappa shape index (κ1) is 23.7. The number of nitrogens with one attached hydrogen (secondary N) is 1. The Labute approximate surface area is 200 Å². The van der Waals surface area contributed by atoms with E-state index in [1.165, 1.54) is 12.1 Å². The van der Waals surface area contributed by atoms with Gasteiger partial charge in [0.05, 0.1) is 28.2 Å². The van der Waals surface area contributed by atoms with Crippen LogP contribution in [-0.4, -0.2) is 53.1 Å². The third-order valence-corrected chi connectivity index (χ3v) is 7.06. The van der Waals surface area contributed by atoms with Crippen molar-refractivity contribution in [3.05, 3.63) is 66.0 Å². The van der Waals surface area contributed by atoms with Gasteiger partial charge in [0.2, 0.25) is 5.89 Å². The molecule has 180 valence electrons. The SMILES string of the molecule is CNCc1ccc(-c2nnc(-c3nc(-c4ccc(S(=O)(=O)CCCO)cc4)cnc3C)o2)cc1.[HH].[HH]. The van der Waals surface area contributed by atoms with Gasteiger partial charge in [0.1, 0.15) is 5.69 Å². The van der Waals surface area contributed by atoms with Crippen molar-refractivity contribution >= 4 is 9.84 Å². The third kappa shape index (κ3) is 5.19. The van der Waals surface area contributed by atoms with Gasteiger partial charge in [0, 0.05) is 27.1 Å². The molecule has 0 unspecified atom stereocenters. The van der Waals surface area contributed by atoms with Crippen LogP contribution in [0, 0.1) is 6.92 Å². The Morgan fingerprint density at radius 3 is 2.35 bits per heavy atom. The summed E-state index contributed by atoms with van der Waals surface area (Å²) in [5, 5.41) is 20.3. The zero-order chi connectivity index (χ0) is 24.1. The molecule has 2 N–H and O–H groups in total. The van der Waals surface area contributed by atoms with Crippen molar-refractivity contribution in [1.29, 1.82) is 0 Å². The molecule has 10 heteroatoms. The van der Waals surface area contributed by atoms with E-state index in [4.69, 9.17) is 9.52 Å². The Balaban J connectivity index is 0.00000228. The highest BCUT2D eigenvalue weighted by Gasteiger charge is 2.17. The molecule has 0 aliphatic heterocycles. The first-order valence-electron chi connectivity index (χ1n) is 10.8. The zero-order valence-electron chi connectivity index (χ0n) is 18.9. The lowest BCUT2D eigenvalue weighted by Gasteiger charge is -2.07. The van der Waals surface area contributed by atoms with Crippen LogP contribution in [0.4, 0.5) is 0 Å². The van der Waals surface area contributed by atoms with E-state index in [0.29, 0.717) is 28.5 Å². The summed E-state index contributed by atoms with van der Waals surface area (Å²) in [5.41, 5.74) is 4.30. The fourth-order valence-corrected chi connectivity index (χ4v) is 4.70. The molecule has 0 amide bonds. The van der Waals surface area contributed by atoms with E-state index < -0.39 is 9.84 Å². The molecule has 0 saturated carbocycles. The second-order valence-electron chi connectivity index (χ2n) is 7.75. The lowest BCUT2D eigenvalue weighted by molar-refractivity contribution is 0.295. The Morgan fingerprint density at radius 1 is 1.00 bits per heavy atom. The van der Waals surface area contributed by atoms with Gasteiger partial charge in [-0.25, -0.2) is 13.4 Å². The molecular weight excluding hydrogens is 454 g/mol. The molecule has 4 rings (SSSR count). The molecule has 2 heterocycles. The average Bonchev–Trinajstić information content (AvgIpc) is 3.34. The van der Waals surface area contributed by atoms with Crippen molar-refractivity contribution in [3.8, 4) is 34.3 Å². The van der Waals surface area contributed by atoms with Crippen LogP contribution in [0.1, 0.15) is 20.5 Å². The van der Waals surface area contributed by atoms with Crippen LogP contribution in [0.2, 0.25) is 0 Å². The number of rotatable bonds is 9. The maximum absolute atomic E-state index is 12.3. The molecule has 0 fully saturated rings. The lowest BCUT2D eigenvalue weighted by Crippen LogP contribution is -2.08. The summed E-state index contributed by atoms with van der Waals surface area (Å²) in [7, 11) is -1.55. The fourth-order valence-electron chi connectivity index (χ4n) is 3.40. The molecule has 0 aliphatic carbocycles. The van der Waals surface area contributed by atoms with Gasteiger partial charge in [-0.05, 0) is 50.2 Å². The second-order valence-corrected chi connectivity index (χ2v) is 9.86. The summed E-state index contributed by atoms with van der Waals surface area (Å²) in [6, 6.07) is 14.3. The molecule has 2 aromatic carbocycles. The number of hydrogen-bond acceptors (Lipinski definition) is 9. The number of benzene rings is 2. The lowest BCUT2D eigenvalue weighted by atomic mass is 10.1. The van der Waals surface area contributed by atoms with Crippen LogP contribution in [0.25, 0.3) is 34.3 Å². The van der Waals surface area contributed by atoms with Gasteiger partial charge in [-0.3, -0.25) is 4.98 Å².